The normalized spacial score (nSPS) is 11.8. The van der Waals surface area contributed by atoms with Crippen LogP contribution in [0.4, 0.5) is 4.79 Å². The molecule has 4 N–H and O–H groups in total. The van der Waals surface area contributed by atoms with Crippen LogP contribution in [0.15, 0.2) is 6.33 Å². The largest absolute Gasteiger partial charge is 0.481 e. The molecule has 0 aliphatic heterocycles. The van der Waals surface area contributed by atoms with Crippen molar-refractivity contribution in [3.63, 3.8) is 0 Å². The van der Waals surface area contributed by atoms with Crippen LogP contribution in [0.5, 0.6) is 0 Å². The molecule has 0 aliphatic carbocycles. The molecule has 0 aliphatic rings. The first-order valence-electron chi connectivity index (χ1n) is 5.18. The zero-order valence-corrected chi connectivity index (χ0v) is 9.43. The molecule has 1 heterocycles. The van der Waals surface area contributed by atoms with Gasteiger partial charge in [-0.05, 0) is 6.92 Å². The number of amides is 2. The molecule has 0 fully saturated rings. The second-order valence-corrected chi connectivity index (χ2v) is 3.58. The highest BCUT2D eigenvalue weighted by molar-refractivity contribution is 5.75. The van der Waals surface area contributed by atoms with Gasteiger partial charge in [0.15, 0.2) is 0 Å². The van der Waals surface area contributed by atoms with Gasteiger partial charge in [0, 0.05) is 19.0 Å². The van der Waals surface area contributed by atoms with E-state index in [2.05, 4.69) is 25.8 Å². The van der Waals surface area contributed by atoms with Crippen molar-refractivity contribution in [2.45, 2.75) is 25.8 Å². The first-order valence-corrected chi connectivity index (χ1v) is 5.18. The number of hydrogen-bond donors (Lipinski definition) is 4. The molecule has 0 radical (unpaired) electrons. The number of carbonyl (C=O) groups is 2. The molecule has 1 aromatic heterocycles. The maximum Gasteiger partial charge on any atom is 0.315 e. The molecule has 0 saturated heterocycles. The Bertz CT molecular complexity index is 365. The van der Waals surface area contributed by atoms with Gasteiger partial charge in [0.05, 0.1) is 6.42 Å². The number of carbonyl (C=O) groups excluding carboxylic acids is 1. The number of rotatable bonds is 6. The molecule has 0 saturated carbocycles. The predicted octanol–water partition coefficient (Wildman–Crippen LogP) is -0.490. The number of H-pyrrole nitrogens is 1. The summed E-state index contributed by atoms with van der Waals surface area (Å²) in [5.41, 5.74) is 0. The van der Waals surface area contributed by atoms with Gasteiger partial charge in [-0.15, -0.1) is 0 Å². The number of aromatic amines is 1. The van der Waals surface area contributed by atoms with Gasteiger partial charge in [0.25, 0.3) is 0 Å². The third-order valence-electron chi connectivity index (χ3n) is 1.97. The fourth-order valence-corrected chi connectivity index (χ4v) is 1.23. The highest BCUT2D eigenvalue weighted by atomic mass is 16.4. The second kappa shape index (κ2) is 6.46. The molecule has 2 amide bonds. The van der Waals surface area contributed by atoms with Gasteiger partial charge >= 0.3 is 12.0 Å². The van der Waals surface area contributed by atoms with Crippen molar-refractivity contribution in [3.8, 4) is 0 Å². The quantitative estimate of drug-likeness (QED) is 0.535. The Kier molecular flexibility index (Phi) is 4.92. The minimum absolute atomic E-state index is 0.102. The lowest BCUT2D eigenvalue weighted by atomic mass is 10.2. The Labute approximate surface area is 97.8 Å². The SMILES string of the molecule is CC(CC(=O)O)NC(=O)NCCc1ncn[nH]1. The Balaban J connectivity index is 2.14. The number of aromatic nitrogens is 3. The van der Waals surface area contributed by atoms with Crippen molar-refractivity contribution in [1.82, 2.24) is 25.8 Å². The minimum atomic E-state index is -0.945. The summed E-state index contributed by atoms with van der Waals surface area (Å²) in [5.74, 6) is -0.261. The van der Waals surface area contributed by atoms with Gasteiger partial charge in [0.1, 0.15) is 12.2 Å². The monoisotopic (exact) mass is 241 g/mol. The van der Waals surface area contributed by atoms with Crippen molar-refractivity contribution in [3.05, 3.63) is 12.2 Å². The minimum Gasteiger partial charge on any atom is -0.481 e. The summed E-state index contributed by atoms with van der Waals surface area (Å²) >= 11 is 0. The molecule has 1 aromatic rings. The summed E-state index contributed by atoms with van der Waals surface area (Å²) in [6.07, 6.45) is 1.83. The van der Waals surface area contributed by atoms with Crippen molar-refractivity contribution in [2.75, 3.05) is 6.54 Å². The van der Waals surface area contributed by atoms with Crippen LogP contribution in [0.3, 0.4) is 0 Å². The third kappa shape index (κ3) is 5.50. The third-order valence-corrected chi connectivity index (χ3v) is 1.97. The van der Waals surface area contributed by atoms with Gasteiger partial charge in [-0.3, -0.25) is 9.89 Å². The molecule has 0 spiro atoms. The van der Waals surface area contributed by atoms with Crippen LogP contribution >= 0.6 is 0 Å². The molecule has 1 atom stereocenters. The molecule has 94 valence electrons. The Hall–Kier alpha value is -2.12. The van der Waals surface area contributed by atoms with Crippen LogP contribution in [-0.4, -0.2) is 44.9 Å². The van der Waals surface area contributed by atoms with E-state index in [9.17, 15) is 9.59 Å². The summed E-state index contributed by atoms with van der Waals surface area (Å²) < 4.78 is 0. The van der Waals surface area contributed by atoms with Crippen molar-refractivity contribution in [2.24, 2.45) is 0 Å². The fraction of sp³-hybridized carbons (Fsp3) is 0.556. The smallest absolute Gasteiger partial charge is 0.315 e. The summed E-state index contributed by atoms with van der Waals surface area (Å²) in [4.78, 5) is 25.6. The van der Waals surface area contributed by atoms with Crippen LogP contribution in [0.25, 0.3) is 0 Å². The lowest BCUT2D eigenvalue weighted by Gasteiger charge is -2.12. The van der Waals surface area contributed by atoms with E-state index in [1.165, 1.54) is 6.33 Å². The van der Waals surface area contributed by atoms with Crippen LogP contribution in [0.1, 0.15) is 19.2 Å². The topological polar surface area (TPSA) is 120 Å². The van der Waals surface area contributed by atoms with E-state index in [-0.39, 0.29) is 6.42 Å². The first kappa shape index (κ1) is 12.9. The van der Waals surface area contributed by atoms with E-state index in [0.29, 0.717) is 18.8 Å². The number of aliphatic carboxylic acids is 1. The van der Waals surface area contributed by atoms with Crippen LogP contribution in [0, 0.1) is 0 Å². The van der Waals surface area contributed by atoms with Crippen LogP contribution < -0.4 is 10.6 Å². The summed E-state index contributed by atoms with van der Waals surface area (Å²) in [6.45, 7) is 2.03. The van der Waals surface area contributed by atoms with E-state index in [0.717, 1.165) is 0 Å². The van der Waals surface area contributed by atoms with E-state index in [1.807, 2.05) is 0 Å². The average molecular weight is 241 g/mol. The van der Waals surface area contributed by atoms with Gasteiger partial charge in [-0.2, -0.15) is 5.10 Å². The number of urea groups is 1. The van der Waals surface area contributed by atoms with E-state index < -0.39 is 18.0 Å². The molecule has 1 unspecified atom stereocenters. The molecular formula is C9H15N5O3. The Morgan fingerprint density at radius 3 is 2.94 bits per heavy atom. The average Bonchev–Trinajstić information content (AvgIpc) is 2.68. The highest BCUT2D eigenvalue weighted by Gasteiger charge is 2.10. The summed E-state index contributed by atoms with van der Waals surface area (Å²) in [7, 11) is 0. The van der Waals surface area contributed by atoms with Crippen LogP contribution in [-0.2, 0) is 11.2 Å². The van der Waals surface area contributed by atoms with Gasteiger partial charge in [-0.25, -0.2) is 9.78 Å². The number of hydrogen-bond acceptors (Lipinski definition) is 4. The summed E-state index contributed by atoms with van der Waals surface area (Å²) in [5, 5.41) is 20.0. The molecular weight excluding hydrogens is 226 g/mol. The van der Waals surface area contributed by atoms with E-state index >= 15 is 0 Å². The highest BCUT2D eigenvalue weighted by Crippen LogP contribution is 1.90. The molecule has 8 nitrogen and oxygen atoms in total. The number of carboxylic acids is 1. The van der Waals surface area contributed by atoms with Crippen LogP contribution in [0.2, 0.25) is 0 Å². The van der Waals surface area contributed by atoms with Gasteiger partial charge in [-0.1, -0.05) is 0 Å². The van der Waals surface area contributed by atoms with E-state index in [1.54, 1.807) is 6.92 Å². The van der Waals surface area contributed by atoms with Gasteiger partial charge < -0.3 is 15.7 Å². The maximum atomic E-state index is 11.3. The first-order chi connectivity index (χ1) is 8.08. The number of nitrogens with one attached hydrogen (secondary N) is 3. The lowest BCUT2D eigenvalue weighted by Crippen LogP contribution is -2.42. The zero-order chi connectivity index (χ0) is 12.7. The van der Waals surface area contributed by atoms with Crippen molar-refractivity contribution in [1.29, 1.82) is 0 Å². The van der Waals surface area contributed by atoms with Crippen molar-refractivity contribution >= 4 is 12.0 Å². The van der Waals surface area contributed by atoms with Crippen molar-refractivity contribution < 1.29 is 14.7 Å². The van der Waals surface area contributed by atoms with Gasteiger partial charge in [0.2, 0.25) is 0 Å². The zero-order valence-electron chi connectivity index (χ0n) is 9.43. The standard InChI is InChI=1S/C9H15N5O3/c1-6(4-8(15)16)13-9(17)10-3-2-7-11-5-12-14-7/h5-6H,2-4H2,1H3,(H,15,16)(H2,10,13,17)(H,11,12,14). The molecule has 17 heavy (non-hydrogen) atoms. The fourth-order valence-electron chi connectivity index (χ4n) is 1.23. The molecule has 1 rings (SSSR count). The molecule has 0 aromatic carbocycles. The number of carboxylic acid groups (broad SMARTS) is 1. The maximum absolute atomic E-state index is 11.3. The van der Waals surface area contributed by atoms with E-state index in [4.69, 9.17) is 5.11 Å². The summed E-state index contributed by atoms with van der Waals surface area (Å²) in [6, 6.07) is -0.795. The Morgan fingerprint density at radius 2 is 2.35 bits per heavy atom. The lowest BCUT2D eigenvalue weighted by molar-refractivity contribution is -0.137. The Morgan fingerprint density at radius 1 is 1.59 bits per heavy atom. The molecule has 0 bridgehead atoms. The molecule has 8 heteroatoms. The second-order valence-electron chi connectivity index (χ2n) is 3.58. The predicted molar refractivity (Wildman–Crippen MR) is 58.3 cm³/mol. The number of nitrogens with zero attached hydrogens (tertiary/aromatic N) is 2.